The van der Waals surface area contributed by atoms with Crippen LogP contribution in [0.2, 0.25) is 0 Å². The smallest absolute Gasteiger partial charge is 0.258 e. The van der Waals surface area contributed by atoms with E-state index in [1.165, 1.54) is 16.5 Å². The maximum atomic E-state index is 13.0. The van der Waals surface area contributed by atoms with Gasteiger partial charge in [-0.2, -0.15) is 0 Å². The first kappa shape index (κ1) is 13.6. The van der Waals surface area contributed by atoms with Crippen LogP contribution in [0.3, 0.4) is 0 Å². The van der Waals surface area contributed by atoms with Gasteiger partial charge in [-0.25, -0.2) is 0 Å². The van der Waals surface area contributed by atoms with Crippen molar-refractivity contribution in [1.82, 2.24) is 9.55 Å². The summed E-state index contributed by atoms with van der Waals surface area (Å²) in [5, 5.41) is 3.20. The molecule has 1 N–H and O–H groups in total. The van der Waals surface area contributed by atoms with Gasteiger partial charge in [0.2, 0.25) is 0 Å². The minimum Gasteiger partial charge on any atom is -0.353 e. The van der Waals surface area contributed by atoms with Gasteiger partial charge in [-0.1, -0.05) is 43.3 Å². The predicted octanol–water partition coefficient (Wildman–Crippen LogP) is 4.27. The Morgan fingerprint density at radius 3 is 2.50 bits per heavy atom. The maximum Gasteiger partial charge on any atom is 0.258 e. The van der Waals surface area contributed by atoms with E-state index < -0.39 is 0 Å². The highest BCUT2D eigenvalue weighted by molar-refractivity contribution is 5.95. The third kappa shape index (κ3) is 1.64. The van der Waals surface area contributed by atoms with Crippen molar-refractivity contribution >= 4 is 21.7 Å². The number of para-hydroxylation sites is 1. The molecule has 3 nitrogen and oxygen atoms in total. The van der Waals surface area contributed by atoms with Crippen LogP contribution in [0.1, 0.15) is 18.1 Å². The van der Waals surface area contributed by atoms with Crippen LogP contribution in [0.15, 0.2) is 53.3 Å². The van der Waals surface area contributed by atoms with Gasteiger partial charge in [0.15, 0.2) is 0 Å². The Morgan fingerprint density at radius 1 is 1.00 bits per heavy atom. The first-order valence-electron chi connectivity index (χ1n) is 8.54. The van der Waals surface area contributed by atoms with Gasteiger partial charge in [-0.15, -0.1) is 0 Å². The molecule has 0 atom stereocenters. The predicted molar refractivity (Wildman–Crippen MR) is 98.6 cm³/mol. The lowest BCUT2D eigenvalue weighted by Crippen LogP contribution is -2.27. The molecule has 0 aliphatic carbocycles. The highest BCUT2D eigenvalue weighted by Crippen LogP contribution is 2.37. The zero-order valence-corrected chi connectivity index (χ0v) is 13.6. The van der Waals surface area contributed by atoms with E-state index >= 15 is 0 Å². The second-order valence-corrected chi connectivity index (χ2v) is 6.46. The quantitative estimate of drug-likeness (QED) is 0.560. The number of hydrogen-bond donors (Lipinski definition) is 1. The monoisotopic (exact) mass is 314 g/mol. The lowest BCUT2D eigenvalue weighted by Gasteiger charge is -2.23. The molecule has 0 fully saturated rings. The van der Waals surface area contributed by atoms with E-state index in [0.29, 0.717) is 0 Å². The number of fused-ring (bicyclic) bond motifs is 6. The zero-order valence-electron chi connectivity index (χ0n) is 13.6. The van der Waals surface area contributed by atoms with Gasteiger partial charge >= 0.3 is 0 Å². The number of H-pyrrole nitrogens is 1. The average Bonchev–Trinajstić information content (AvgIpc) is 3.01. The molecule has 1 aliphatic heterocycles. The van der Waals surface area contributed by atoms with Crippen molar-refractivity contribution in [2.45, 2.75) is 26.3 Å². The molecule has 3 heterocycles. The summed E-state index contributed by atoms with van der Waals surface area (Å²) in [5.74, 6) is 0. The number of rotatable bonds is 1. The maximum absolute atomic E-state index is 13.0. The number of nitrogens with zero attached hydrogens (tertiary/aromatic N) is 1. The molecular weight excluding hydrogens is 296 g/mol. The second-order valence-electron chi connectivity index (χ2n) is 6.46. The minimum absolute atomic E-state index is 0.127. The average molecular weight is 314 g/mol. The van der Waals surface area contributed by atoms with E-state index in [2.05, 4.69) is 42.2 Å². The third-order valence-corrected chi connectivity index (χ3v) is 5.27. The van der Waals surface area contributed by atoms with Crippen molar-refractivity contribution in [3.63, 3.8) is 0 Å². The first-order chi connectivity index (χ1) is 11.8. The summed E-state index contributed by atoms with van der Waals surface area (Å²) in [7, 11) is 0. The van der Waals surface area contributed by atoms with Crippen LogP contribution in [-0.4, -0.2) is 9.55 Å². The van der Waals surface area contributed by atoms with Gasteiger partial charge in [0.1, 0.15) is 0 Å². The Morgan fingerprint density at radius 2 is 1.71 bits per heavy atom. The number of benzene rings is 2. The topological polar surface area (TPSA) is 37.8 Å². The van der Waals surface area contributed by atoms with E-state index in [1.807, 2.05) is 22.8 Å². The molecule has 0 saturated carbocycles. The van der Waals surface area contributed by atoms with E-state index in [4.69, 9.17) is 0 Å². The number of aryl methyl sites for hydroxylation is 2. The van der Waals surface area contributed by atoms with Crippen LogP contribution in [0.5, 0.6) is 0 Å². The summed E-state index contributed by atoms with van der Waals surface area (Å²) in [5.41, 5.74) is 6.09. The molecule has 0 bridgehead atoms. The van der Waals surface area contributed by atoms with Crippen molar-refractivity contribution in [2.75, 3.05) is 0 Å². The molecular formula is C21H18N2O. The Bertz CT molecular complexity index is 1160. The first-order valence-corrected chi connectivity index (χ1v) is 8.54. The standard InChI is InChI=1S/C21H18N2O/c1-2-13-14-7-3-4-9-17(14)21(24)23-12-11-16-15-8-5-6-10-18(15)22-19(16)20(13)23/h3-10,22H,2,11-12H2,1H3. The summed E-state index contributed by atoms with van der Waals surface area (Å²) in [6.07, 6.45) is 1.80. The van der Waals surface area contributed by atoms with E-state index in [1.54, 1.807) is 0 Å². The van der Waals surface area contributed by atoms with Crippen molar-refractivity contribution in [3.8, 4) is 11.4 Å². The Kier molecular flexibility index (Phi) is 2.75. The van der Waals surface area contributed by atoms with Gasteiger partial charge in [0.25, 0.3) is 5.56 Å². The largest absolute Gasteiger partial charge is 0.353 e. The molecule has 118 valence electrons. The molecule has 24 heavy (non-hydrogen) atoms. The summed E-state index contributed by atoms with van der Waals surface area (Å²) in [6, 6.07) is 16.4. The summed E-state index contributed by atoms with van der Waals surface area (Å²) in [4.78, 5) is 16.6. The molecule has 0 saturated heterocycles. The van der Waals surface area contributed by atoms with Crippen LogP contribution in [0.4, 0.5) is 0 Å². The number of nitrogens with one attached hydrogen (secondary N) is 1. The molecule has 1 aliphatic rings. The van der Waals surface area contributed by atoms with Crippen LogP contribution in [0.25, 0.3) is 33.1 Å². The van der Waals surface area contributed by atoms with Crippen molar-refractivity contribution in [3.05, 3.63) is 70.0 Å². The Labute approximate surface area is 139 Å². The number of aromatic nitrogens is 2. The van der Waals surface area contributed by atoms with Crippen molar-refractivity contribution in [1.29, 1.82) is 0 Å². The number of hydrogen-bond acceptors (Lipinski definition) is 1. The summed E-state index contributed by atoms with van der Waals surface area (Å²) in [6.45, 7) is 2.92. The van der Waals surface area contributed by atoms with Crippen LogP contribution >= 0.6 is 0 Å². The molecule has 3 heteroatoms. The molecule has 0 amide bonds. The van der Waals surface area contributed by atoms with Gasteiger partial charge in [-0.3, -0.25) is 4.79 Å². The van der Waals surface area contributed by atoms with Gasteiger partial charge in [0.05, 0.1) is 11.4 Å². The fraction of sp³-hybridized carbons (Fsp3) is 0.190. The van der Waals surface area contributed by atoms with Gasteiger partial charge in [0, 0.05) is 22.8 Å². The molecule has 4 aromatic rings. The molecule has 5 rings (SSSR count). The van der Waals surface area contributed by atoms with Crippen LogP contribution in [0, 0.1) is 0 Å². The normalized spacial score (nSPS) is 13.2. The molecule has 0 radical (unpaired) electrons. The fourth-order valence-electron chi connectivity index (χ4n) is 4.21. The second kappa shape index (κ2) is 4.84. The highest BCUT2D eigenvalue weighted by atomic mass is 16.1. The third-order valence-electron chi connectivity index (χ3n) is 5.27. The molecule has 2 aromatic carbocycles. The number of aromatic amines is 1. The number of pyridine rings is 1. The fourth-order valence-corrected chi connectivity index (χ4v) is 4.21. The highest BCUT2D eigenvalue weighted by Gasteiger charge is 2.25. The lowest BCUT2D eigenvalue weighted by atomic mass is 9.94. The van der Waals surface area contributed by atoms with Crippen LogP contribution < -0.4 is 5.56 Å². The molecule has 0 unspecified atom stereocenters. The zero-order chi connectivity index (χ0) is 16.3. The lowest BCUT2D eigenvalue weighted by molar-refractivity contribution is 0.661. The van der Waals surface area contributed by atoms with Crippen LogP contribution in [-0.2, 0) is 19.4 Å². The van der Waals surface area contributed by atoms with Gasteiger partial charge < -0.3 is 9.55 Å². The van der Waals surface area contributed by atoms with E-state index in [9.17, 15) is 4.79 Å². The van der Waals surface area contributed by atoms with E-state index in [-0.39, 0.29) is 5.56 Å². The SMILES string of the molecule is CCc1c2n(c(=O)c3ccccc13)CCc1c-2[nH]c2ccccc12. The van der Waals surface area contributed by atoms with E-state index in [0.717, 1.165) is 47.1 Å². The van der Waals surface area contributed by atoms with Crippen molar-refractivity contribution in [2.24, 2.45) is 0 Å². The Hall–Kier alpha value is -2.81. The summed E-state index contributed by atoms with van der Waals surface area (Å²) >= 11 is 0. The molecule has 2 aromatic heterocycles. The Balaban J connectivity index is 1.98. The summed E-state index contributed by atoms with van der Waals surface area (Å²) < 4.78 is 1.97. The minimum atomic E-state index is 0.127. The van der Waals surface area contributed by atoms with Gasteiger partial charge in [-0.05, 0) is 41.5 Å². The van der Waals surface area contributed by atoms with Crippen molar-refractivity contribution < 1.29 is 0 Å². The molecule has 0 spiro atoms.